The number of nitriles is 1. The molecule has 3 N–H and O–H groups in total. The van der Waals surface area contributed by atoms with Crippen molar-refractivity contribution in [2.75, 3.05) is 50.0 Å². The number of nitrogens with two attached hydrogens (primary N) is 1. The zero-order chi connectivity index (χ0) is 33.5. The Morgan fingerprint density at radius 2 is 1.89 bits per heavy atom. The highest BCUT2D eigenvalue weighted by atomic mass is 32.1. The summed E-state index contributed by atoms with van der Waals surface area (Å²) in [6.45, 7) is 6.92. The molecule has 1 atom stereocenters. The van der Waals surface area contributed by atoms with Gasteiger partial charge in [-0.05, 0) is 62.5 Å². The number of hydrogen-bond donors (Lipinski definition) is 2. The molecule has 5 heterocycles. The van der Waals surface area contributed by atoms with E-state index in [4.69, 9.17) is 10.5 Å². The lowest BCUT2D eigenvalue weighted by atomic mass is 9.95. The molecule has 7 rings (SSSR count). The van der Waals surface area contributed by atoms with E-state index in [1.807, 2.05) is 19.9 Å². The Morgan fingerprint density at radius 3 is 2.60 bits per heavy atom. The SMILES string of the molecule is CC.N#Cc1c(N)sc2c(F)ccc(-c3c(F)cc4c(N5CCNC(C=C(F)F)C5)nc(OCC56CCCN5CCC6)nc4c3F)c12. The molecule has 47 heavy (non-hydrogen) atoms. The largest absolute Gasteiger partial charge is 0.461 e. The number of nitrogens with one attached hydrogen (secondary N) is 1. The number of nitrogens with zero attached hydrogens (tertiary/aromatic N) is 5. The second kappa shape index (κ2) is 13.2. The summed E-state index contributed by atoms with van der Waals surface area (Å²) in [4.78, 5) is 13.1. The molecule has 3 fully saturated rings. The highest BCUT2D eigenvalue weighted by Gasteiger charge is 2.45. The third kappa shape index (κ3) is 5.85. The number of benzene rings is 2. The summed E-state index contributed by atoms with van der Waals surface area (Å²) in [7, 11) is 0. The first-order valence-corrected chi connectivity index (χ1v) is 16.5. The molecule has 3 aliphatic rings. The molecular weight excluding hydrogens is 637 g/mol. The average Bonchev–Trinajstić information content (AvgIpc) is 3.74. The summed E-state index contributed by atoms with van der Waals surface area (Å²) in [5.74, 6) is -2.57. The molecule has 4 aromatic rings. The topological polar surface area (TPSA) is 103 Å². The minimum Gasteiger partial charge on any atom is -0.461 e. The number of anilines is 2. The Morgan fingerprint density at radius 1 is 1.15 bits per heavy atom. The van der Waals surface area contributed by atoms with Crippen molar-refractivity contribution in [2.24, 2.45) is 0 Å². The average molecular weight is 672 g/mol. The zero-order valence-electron chi connectivity index (χ0n) is 26.0. The van der Waals surface area contributed by atoms with Gasteiger partial charge in [-0.3, -0.25) is 4.90 Å². The van der Waals surface area contributed by atoms with Crippen LogP contribution in [-0.2, 0) is 0 Å². The molecule has 0 bridgehead atoms. The van der Waals surface area contributed by atoms with Crippen LogP contribution in [0.5, 0.6) is 6.01 Å². The van der Waals surface area contributed by atoms with Crippen LogP contribution in [0.4, 0.5) is 32.8 Å². The minimum absolute atomic E-state index is 0.00444. The fraction of sp³-hybridized carbons (Fsp3) is 0.424. The maximum atomic E-state index is 16.7. The smallest absolute Gasteiger partial charge is 0.319 e. The predicted octanol–water partition coefficient (Wildman–Crippen LogP) is 6.97. The van der Waals surface area contributed by atoms with Crippen molar-refractivity contribution in [1.29, 1.82) is 5.26 Å². The Balaban J connectivity index is 0.00000190. The molecule has 2 aromatic carbocycles. The van der Waals surface area contributed by atoms with Crippen molar-refractivity contribution in [1.82, 2.24) is 20.2 Å². The van der Waals surface area contributed by atoms with Crippen molar-refractivity contribution in [3.05, 3.63) is 53.4 Å². The molecule has 0 saturated carbocycles. The first kappa shape index (κ1) is 32.9. The molecule has 8 nitrogen and oxygen atoms in total. The van der Waals surface area contributed by atoms with E-state index < -0.39 is 35.1 Å². The lowest BCUT2D eigenvalue weighted by molar-refractivity contribution is 0.108. The number of nitrogen functional groups attached to an aromatic ring is 1. The summed E-state index contributed by atoms with van der Waals surface area (Å²) in [5.41, 5.74) is 4.93. The highest BCUT2D eigenvalue weighted by molar-refractivity contribution is 7.23. The first-order chi connectivity index (χ1) is 22.7. The van der Waals surface area contributed by atoms with Crippen LogP contribution >= 0.6 is 11.3 Å². The van der Waals surface area contributed by atoms with E-state index in [2.05, 4.69) is 20.2 Å². The maximum Gasteiger partial charge on any atom is 0.319 e. The fourth-order valence-corrected chi connectivity index (χ4v) is 8.06. The van der Waals surface area contributed by atoms with Gasteiger partial charge in [0.25, 0.3) is 6.08 Å². The Labute approximate surface area is 272 Å². The van der Waals surface area contributed by atoms with Gasteiger partial charge < -0.3 is 20.7 Å². The summed E-state index contributed by atoms with van der Waals surface area (Å²) in [5, 5.41) is 12.8. The maximum absolute atomic E-state index is 16.7. The van der Waals surface area contributed by atoms with Crippen LogP contribution in [0.25, 0.3) is 32.1 Å². The standard InChI is InChI=1S/C31H28F5N7OS.C2H6/c32-20-4-3-17(23-19(13-37)28(38)45-27(20)23)24-21(33)12-18-26(25(24)36)40-30(44-15-31-5-1-8-43(31)9-2-6-31)41-29(18)42-10-7-39-16(14-42)11-22(34)35;1-2/h3-4,11-12,16,39H,1-2,5-10,14-15,38H2;1-2H3. The van der Waals surface area contributed by atoms with E-state index in [9.17, 15) is 18.4 Å². The normalized spacial score (nSPS) is 18.9. The van der Waals surface area contributed by atoms with Gasteiger partial charge in [0, 0.05) is 36.4 Å². The lowest BCUT2D eigenvalue weighted by Crippen LogP contribution is -2.50. The van der Waals surface area contributed by atoms with E-state index in [1.165, 1.54) is 6.07 Å². The lowest BCUT2D eigenvalue weighted by Gasteiger charge is -2.34. The summed E-state index contributed by atoms with van der Waals surface area (Å²) < 4.78 is 79.9. The zero-order valence-corrected chi connectivity index (χ0v) is 26.8. The van der Waals surface area contributed by atoms with Crippen LogP contribution in [-0.4, -0.2) is 65.8 Å². The molecule has 248 valence electrons. The summed E-state index contributed by atoms with van der Waals surface area (Å²) >= 11 is 0.823. The van der Waals surface area contributed by atoms with Gasteiger partial charge in [0.1, 0.15) is 40.6 Å². The van der Waals surface area contributed by atoms with Gasteiger partial charge in [0.15, 0.2) is 5.82 Å². The van der Waals surface area contributed by atoms with E-state index >= 15 is 8.78 Å². The van der Waals surface area contributed by atoms with Crippen LogP contribution in [0, 0.1) is 28.8 Å². The Bertz CT molecular complexity index is 1890. The quantitative estimate of drug-likeness (QED) is 0.212. The second-order valence-corrected chi connectivity index (χ2v) is 12.7. The van der Waals surface area contributed by atoms with Gasteiger partial charge in [-0.2, -0.15) is 24.0 Å². The molecule has 0 radical (unpaired) electrons. The number of piperazine rings is 1. The highest BCUT2D eigenvalue weighted by Crippen LogP contribution is 2.44. The summed E-state index contributed by atoms with van der Waals surface area (Å²) in [6, 6.07) is 4.45. The Hall–Kier alpha value is -4.06. The van der Waals surface area contributed by atoms with Gasteiger partial charge in [0.2, 0.25) is 0 Å². The van der Waals surface area contributed by atoms with E-state index in [-0.39, 0.29) is 67.6 Å². The van der Waals surface area contributed by atoms with Crippen molar-refractivity contribution in [3.63, 3.8) is 0 Å². The van der Waals surface area contributed by atoms with Gasteiger partial charge in [0.05, 0.1) is 21.4 Å². The van der Waals surface area contributed by atoms with Gasteiger partial charge in [-0.25, -0.2) is 13.2 Å². The molecule has 3 saturated heterocycles. The van der Waals surface area contributed by atoms with Crippen LogP contribution in [0.2, 0.25) is 0 Å². The number of thiophene rings is 1. The monoisotopic (exact) mass is 671 g/mol. The molecule has 14 heteroatoms. The van der Waals surface area contributed by atoms with Crippen LogP contribution in [0.1, 0.15) is 45.1 Å². The summed E-state index contributed by atoms with van der Waals surface area (Å²) in [6.07, 6.45) is 2.91. The van der Waals surface area contributed by atoms with Gasteiger partial charge in [-0.15, -0.1) is 11.3 Å². The molecule has 2 aromatic heterocycles. The number of ether oxygens (including phenoxy) is 1. The third-order valence-electron chi connectivity index (χ3n) is 9.15. The number of hydrogen-bond acceptors (Lipinski definition) is 9. The number of rotatable bonds is 6. The van der Waals surface area contributed by atoms with Crippen LogP contribution in [0.3, 0.4) is 0 Å². The molecule has 0 aliphatic carbocycles. The second-order valence-electron chi connectivity index (χ2n) is 11.7. The number of halogens is 5. The Kier molecular flexibility index (Phi) is 9.24. The first-order valence-electron chi connectivity index (χ1n) is 15.7. The third-order valence-corrected chi connectivity index (χ3v) is 10.2. The minimum atomic E-state index is -1.85. The predicted molar refractivity (Wildman–Crippen MR) is 173 cm³/mol. The molecule has 0 amide bonds. The van der Waals surface area contributed by atoms with E-state index in [1.54, 1.807) is 4.90 Å². The van der Waals surface area contributed by atoms with E-state index in [0.29, 0.717) is 13.1 Å². The van der Waals surface area contributed by atoms with Crippen LogP contribution in [0.15, 0.2) is 30.4 Å². The van der Waals surface area contributed by atoms with Crippen molar-refractivity contribution in [2.45, 2.75) is 51.1 Å². The van der Waals surface area contributed by atoms with Gasteiger partial charge in [-0.1, -0.05) is 19.9 Å². The molecule has 3 aliphatic heterocycles. The molecule has 0 spiro atoms. The van der Waals surface area contributed by atoms with E-state index in [0.717, 1.165) is 68.3 Å². The number of aromatic nitrogens is 2. The van der Waals surface area contributed by atoms with Crippen molar-refractivity contribution >= 4 is 43.1 Å². The fourth-order valence-electron chi connectivity index (χ4n) is 7.12. The van der Waals surface area contributed by atoms with Gasteiger partial charge >= 0.3 is 6.01 Å². The van der Waals surface area contributed by atoms with Crippen molar-refractivity contribution < 1.29 is 26.7 Å². The van der Waals surface area contributed by atoms with Crippen molar-refractivity contribution in [3.8, 4) is 23.2 Å². The van der Waals surface area contributed by atoms with Crippen LogP contribution < -0.4 is 20.7 Å². The number of fused-ring (bicyclic) bond motifs is 3. The molecule has 1 unspecified atom stereocenters. The molecular formula is C33H34F5N7OS.